The van der Waals surface area contributed by atoms with Crippen LogP contribution < -0.4 is 5.32 Å². The van der Waals surface area contributed by atoms with Gasteiger partial charge in [-0.25, -0.2) is 0 Å². The number of likely N-dealkylation sites (N-methyl/N-ethyl adjacent to an activating group) is 1. The molecule has 0 unspecified atom stereocenters. The Kier molecular flexibility index (Phi) is 8.03. The van der Waals surface area contributed by atoms with Crippen molar-refractivity contribution in [3.05, 3.63) is 0 Å². The fourth-order valence-electron chi connectivity index (χ4n) is 1.53. The molecule has 2 amide bonds. The van der Waals surface area contributed by atoms with Crippen molar-refractivity contribution in [3.8, 4) is 0 Å². The molecule has 5 nitrogen and oxygen atoms in total. The zero-order valence-electron chi connectivity index (χ0n) is 12.7. The number of nitrogens with one attached hydrogen (secondary N) is 1. The number of nitrogens with zero attached hydrogens (tertiary/aromatic N) is 1. The molecule has 0 aromatic carbocycles. The predicted octanol–water partition coefficient (Wildman–Crippen LogP) is 1.22. The van der Waals surface area contributed by atoms with Gasteiger partial charge in [0, 0.05) is 44.8 Å². The molecule has 0 aromatic heterocycles. The highest BCUT2D eigenvalue weighted by Gasteiger charge is 2.13. The number of rotatable bonds is 8. The van der Waals surface area contributed by atoms with Crippen molar-refractivity contribution in [2.45, 2.75) is 40.5 Å². The molecule has 0 aliphatic heterocycles. The van der Waals surface area contributed by atoms with Gasteiger partial charge in [-0.1, -0.05) is 27.7 Å². The second kappa shape index (κ2) is 8.67. The van der Waals surface area contributed by atoms with Crippen molar-refractivity contribution in [1.29, 1.82) is 0 Å². The minimum Gasteiger partial charge on any atom is -0.354 e. The Morgan fingerprint density at radius 2 is 1.58 bits per heavy atom. The summed E-state index contributed by atoms with van der Waals surface area (Å²) in [7, 11) is 1.72. The van der Waals surface area contributed by atoms with Gasteiger partial charge in [0.1, 0.15) is 5.78 Å². The summed E-state index contributed by atoms with van der Waals surface area (Å²) in [5.74, 6) is -0.0437. The largest absolute Gasteiger partial charge is 0.354 e. The van der Waals surface area contributed by atoms with E-state index in [2.05, 4.69) is 5.32 Å². The topological polar surface area (TPSA) is 66.5 Å². The molecule has 0 heterocycles. The van der Waals surface area contributed by atoms with E-state index in [0.717, 1.165) is 0 Å². The molecular formula is C14H26N2O3. The molecule has 5 heteroatoms. The minimum atomic E-state index is -0.139. The van der Waals surface area contributed by atoms with Crippen molar-refractivity contribution >= 4 is 17.6 Å². The molecular weight excluding hydrogens is 244 g/mol. The lowest BCUT2D eigenvalue weighted by Crippen LogP contribution is -2.38. The first-order valence-corrected chi connectivity index (χ1v) is 6.80. The molecule has 0 bridgehead atoms. The third-order valence-electron chi connectivity index (χ3n) is 2.88. The maximum Gasteiger partial charge on any atom is 0.224 e. The van der Waals surface area contributed by atoms with Crippen molar-refractivity contribution in [3.63, 3.8) is 0 Å². The number of hydrogen-bond donors (Lipinski definition) is 1. The van der Waals surface area contributed by atoms with E-state index in [1.807, 2.05) is 27.7 Å². The maximum atomic E-state index is 11.6. The summed E-state index contributed by atoms with van der Waals surface area (Å²) >= 11 is 0. The number of ketones is 1. The minimum absolute atomic E-state index is 0.0254. The summed E-state index contributed by atoms with van der Waals surface area (Å²) in [4.78, 5) is 36.0. The molecule has 0 saturated heterocycles. The SMILES string of the molecule is CC(C)C(=O)CCC(=O)NCCN(C)C(=O)C(C)C. The lowest BCUT2D eigenvalue weighted by molar-refractivity contribution is -0.133. The van der Waals surface area contributed by atoms with E-state index in [-0.39, 0.29) is 42.3 Å². The predicted molar refractivity (Wildman–Crippen MR) is 74.6 cm³/mol. The molecule has 110 valence electrons. The first-order valence-electron chi connectivity index (χ1n) is 6.80. The summed E-state index contributed by atoms with van der Waals surface area (Å²) < 4.78 is 0. The standard InChI is InChI=1S/C14H26N2O3/c1-10(2)12(17)6-7-13(18)15-8-9-16(5)14(19)11(3)4/h10-11H,6-9H2,1-5H3,(H,15,18). The molecule has 19 heavy (non-hydrogen) atoms. The Morgan fingerprint density at radius 3 is 2.05 bits per heavy atom. The number of Topliss-reactive ketones (excluding diaryl/α,β-unsaturated/α-hetero) is 1. The third kappa shape index (κ3) is 7.59. The second-order valence-corrected chi connectivity index (χ2v) is 5.39. The molecule has 0 spiro atoms. The van der Waals surface area contributed by atoms with Gasteiger partial charge in [-0.05, 0) is 0 Å². The van der Waals surface area contributed by atoms with Crippen LogP contribution in [0, 0.1) is 11.8 Å². The molecule has 0 fully saturated rings. The summed E-state index contributed by atoms with van der Waals surface area (Å²) in [6.45, 7) is 8.24. The van der Waals surface area contributed by atoms with Gasteiger partial charge in [0.05, 0.1) is 0 Å². The summed E-state index contributed by atoms with van der Waals surface area (Å²) in [6.07, 6.45) is 0.503. The van der Waals surface area contributed by atoms with Crippen LogP contribution in [0.5, 0.6) is 0 Å². The Morgan fingerprint density at radius 1 is 1.00 bits per heavy atom. The Hall–Kier alpha value is -1.39. The van der Waals surface area contributed by atoms with Crippen LogP contribution >= 0.6 is 0 Å². The van der Waals surface area contributed by atoms with Gasteiger partial charge in [0.2, 0.25) is 11.8 Å². The van der Waals surface area contributed by atoms with E-state index >= 15 is 0 Å². The fraction of sp³-hybridized carbons (Fsp3) is 0.786. The van der Waals surface area contributed by atoms with E-state index in [9.17, 15) is 14.4 Å². The summed E-state index contributed by atoms with van der Waals surface area (Å²) in [5, 5.41) is 2.72. The lowest BCUT2D eigenvalue weighted by atomic mass is 10.0. The molecule has 0 aliphatic rings. The van der Waals surface area contributed by atoms with Gasteiger partial charge in [0.25, 0.3) is 0 Å². The monoisotopic (exact) mass is 270 g/mol. The van der Waals surface area contributed by atoms with E-state index in [1.54, 1.807) is 11.9 Å². The molecule has 0 aliphatic carbocycles. The normalized spacial score (nSPS) is 10.7. The van der Waals surface area contributed by atoms with Gasteiger partial charge in [-0.3, -0.25) is 14.4 Å². The molecule has 0 rings (SSSR count). The van der Waals surface area contributed by atoms with Crippen LogP contribution in [0.4, 0.5) is 0 Å². The van der Waals surface area contributed by atoms with Crippen LogP contribution in [0.15, 0.2) is 0 Å². The van der Waals surface area contributed by atoms with Crippen LogP contribution in [-0.2, 0) is 14.4 Å². The van der Waals surface area contributed by atoms with Crippen LogP contribution in [0.3, 0.4) is 0 Å². The van der Waals surface area contributed by atoms with E-state index < -0.39 is 0 Å². The fourth-order valence-corrected chi connectivity index (χ4v) is 1.53. The molecule has 0 aromatic rings. The highest BCUT2D eigenvalue weighted by atomic mass is 16.2. The number of carbonyl (C=O) groups is 3. The molecule has 0 radical (unpaired) electrons. The second-order valence-electron chi connectivity index (χ2n) is 5.39. The van der Waals surface area contributed by atoms with Gasteiger partial charge < -0.3 is 10.2 Å². The van der Waals surface area contributed by atoms with Gasteiger partial charge in [-0.2, -0.15) is 0 Å². The molecule has 0 atom stereocenters. The number of amides is 2. The van der Waals surface area contributed by atoms with E-state index in [4.69, 9.17) is 0 Å². The van der Waals surface area contributed by atoms with Gasteiger partial charge in [-0.15, -0.1) is 0 Å². The number of carbonyl (C=O) groups excluding carboxylic acids is 3. The summed E-state index contributed by atoms with van der Waals surface area (Å²) in [6, 6.07) is 0. The van der Waals surface area contributed by atoms with Gasteiger partial charge >= 0.3 is 0 Å². The van der Waals surface area contributed by atoms with Gasteiger partial charge in [0.15, 0.2) is 0 Å². The highest BCUT2D eigenvalue weighted by molar-refractivity contribution is 5.86. The van der Waals surface area contributed by atoms with Crippen LogP contribution in [0.1, 0.15) is 40.5 Å². The number of hydrogen-bond acceptors (Lipinski definition) is 3. The Bertz CT molecular complexity index is 325. The van der Waals surface area contributed by atoms with Crippen molar-refractivity contribution in [2.75, 3.05) is 20.1 Å². The summed E-state index contributed by atoms with van der Waals surface area (Å²) in [5.41, 5.74) is 0. The Labute approximate surface area is 115 Å². The van der Waals surface area contributed by atoms with E-state index in [0.29, 0.717) is 13.1 Å². The average molecular weight is 270 g/mol. The lowest BCUT2D eigenvalue weighted by Gasteiger charge is -2.19. The van der Waals surface area contributed by atoms with Crippen LogP contribution in [0.2, 0.25) is 0 Å². The molecule has 0 saturated carbocycles. The first kappa shape index (κ1) is 17.6. The van der Waals surface area contributed by atoms with Crippen LogP contribution in [-0.4, -0.2) is 42.6 Å². The first-order chi connectivity index (χ1) is 8.75. The highest BCUT2D eigenvalue weighted by Crippen LogP contribution is 2.01. The molecule has 1 N–H and O–H groups in total. The Balaban J connectivity index is 3.81. The third-order valence-corrected chi connectivity index (χ3v) is 2.88. The zero-order valence-corrected chi connectivity index (χ0v) is 12.7. The quantitative estimate of drug-likeness (QED) is 0.721. The van der Waals surface area contributed by atoms with Crippen molar-refractivity contribution < 1.29 is 14.4 Å². The van der Waals surface area contributed by atoms with E-state index in [1.165, 1.54) is 0 Å². The smallest absolute Gasteiger partial charge is 0.224 e. The van der Waals surface area contributed by atoms with Crippen molar-refractivity contribution in [2.24, 2.45) is 11.8 Å². The maximum absolute atomic E-state index is 11.6. The zero-order chi connectivity index (χ0) is 15.0. The van der Waals surface area contributed by atoms with Crippen LogP contribution in [0.25, 0.3) is 0 Å². The average Bonchev–Trinajstić information content (AvgIpc) is 2.34. The van der Waals surface area contributed by atoms with Crippen molar-refractivity contribution in [1.82, 2.24) is 10.2 Å².